The van der Waals surface area contributed by atoms with E-state index in [2.05, 4.69) is 62.1 Å². The summed E-state index contributed by atoms with van der Waals surface area (Å²) < 4.78 is 1.42. The smallest absolute Gasteiger partial charge is 0.255 e. The van der Waals surface area contributed by atoms with Crippen molar-refractivity contribution in [2.75, 3.05) is 36.8 Å². The van der Waals surface area contributed by atoms with Crippen LogP contribution in [0.15, 0.2) is 60.7 Å². The lowest BCUT2D eigenvalue weighted by Gasteiger charge is -2.39. The number of aromatic nitrogens is 2. The van der Waals surface area contributed by atoms with Gasteiger partial charge in [0.2, 0.25) is 0 Å². The van der Waals surface area contributed by atoms with Gasteiger partial charge in [-0.2, -0.15) is 0 Å². The Morgan fingerprint density at radius 1 is 0.558 bits per heavy atom. The van der Waals surface area contributed by atoms with Crippen molar-refractivity contribution < 1.29 is 26.5 Å². The molecule has 0 fully saturated rings. The number of aromatic amines is 2. The highest BCUT2D eigenvalue weighted by Gasteiger charge is 2.24. The number of halogens is 1. The summed E-state index contributed by atoms with van der Waals surface area (Å²) in [4.78, 5) is 32.8. The molecule has 4 N–H and O–H groups in total. The molecule has 0 bridgehead atoms. The fourth-order valence-corrected chi connectivity index (χ4v) is 7.01. The fourth-order valence-electron chi connectivity index (χ4n) is 7.01. The Morgan fingerprint density at radius 2 is 0.904 bits per heavy atom. The summed E-state index contributed by atoms with van der Waals surface area (Å²) in [7, 11) is 0. The van der Waals surface area contributed by atoms with Crippen LogP contribution in [0.3, 0.4) is 0 Å². The Morgan fingerprint density at radius 3 is 1.25 bits per heavy atom. The lowest BCUT2D eigenvalue weighted by molar-refractivity contribution is -0.929. The molecule has 0 aliphatic rings. The lowest BCUT2D eigenvalue weighted by Crippen LogP contribution is -3.00. The van der Waals surface area contributed by atoms with E-state index in [9.17, 15) is 9.59 Å². The van der Waals surface area contributed by atoms with E-state index < -0.39 is 0 Å². The van der Waals surface area contributed by atoms with Gasteiger partial charge < -0.3 is 37.5 Å². The zero-order valence-corrected chi connectivity index (χ0v) is 33.7. The minimum atomic E-state index is -0.273. The van der Waals surface area contributed by atoms with E-state index in [1.807, 2.05) is 50.2 Å². The molecule has 5 rings (SSSR count). The molecule has 2 heterocycles. The third-order valence-corrected chi connectivity index (χ3v) is 10.5. The number of H-pyrrole nitrogens is 2. The lowest BCUT2D eigenvalue weighted by atomic mass is 10.1. The number of nitrogens with one attached hydrogen (secondary N) is 4. The summed E-state index contributed by atoms with van der Waals surface area (Å²) in [6.07, 6.45) is 11.1. The van der Waals surface area contributed by atoms with Gasteiger partial charge >= 0.3 is 0 Å². The van der Waals surface area contributed by atoms with Crippen molar-refractivity contribution >= 4 is 45.0 Å². The van der Waals surface area contributed by atoms with E-state index >= 15 is 0 Å². The largest absolute Gasteiger partial charge is 1.00 e. The van der Waals surface area contributed by atoms with E-state index in [0.29, 0.717) is 22.5 Å². The number of para-hydroxylation sites is 2. The highest BCUT2D eigenvalue weighted by atomic mass is 35.5. The molecule has 3 aromatic carbocycles. The number of hydrogen-bond acceptors (Lipinski definition) is 2. The minimum absolute atomic E-state index is 0. The van der Waals surface area contributed by atoms with Crippen molar-refractivity contribution in [3.05, 3.63) is 94.3 Å². The Labute approximate surface area is 318 Å². The average Bonchev–Trinajstić information content (AvgIpc) is 3.61. The van der Waals surface area contributed by atoms with Crippen molar-refractivity contribution in [1.82, 2.24) is 9.97 Å². The predicted molar refractivity (Wildman–Crippen MR) is 217 cm³/mol. The molecule has 0 unspecified atom stereocenters. The minimum Gasteiger partial charge on any atom is -1.00 e. The first-order chi connectivity index (χ1) is 24.6. The average molecular weight is 728 g/mol. The van der Waals surface area contributed by atoms with Crippen molar-refractivity contribution in [3.8, 4) is 0 Å². The Bertz CT molecular complexity index is 1750. The molecule has 7 nitrogen and oxygen atoms in total. The van der Waals surface area contributed by atoms with Gasteiger partial charge in [-0.25, -0.2) is 0 Å². The Kier molecular flexibility index (Phi) is 16.5. The number of carbonyl (C=O) groups is 2. The van der Waals surface area contributed by atoms with Crippen LogP contribution >= 0.6 is 0 Å². The normalized spacial score (nSPS) is 11.2. The van der Waals surface area contributed by atoms with Crippen molar-refractivity contribution in [3.63, 3.8) is 0 Å². The number of rotatable bonds is 16. The van der Waals surface area contributed by atoms with Gasteiger partial charge in [0.25, 0.3) is 11.8 Å². The second kappa shape index (κ2) is 20.2. The van der Waals surface area contributed by atoms with Gasteiger partial charge in [-0.15, -0.1) is 0 Å². The number of hydrogen-bond donors (Lipinski definition) is 4. The number of benzene rings is 3. The summed E-state index contributed by atoms with van der Waals surface area (Å²) in [5, 5.41) is 8.12. The van der Waals surface area contributed by atoms with Crippen LogP contribution in [0.5, 0.6) is 0 Å². The first-order valence-electron chi connectivity index (χ1n) is 19.3. The molecule has 0 radical (unpaired) electrons. The Hall–Kier alpha value is -4.07. The maximum atomic E-state index is 13.0. The third-order valence-electron chi connectivity index (χ3n) is 10.5. The summed E-state index contributed by atoms with van der Waals surface area (Å²) in [6.45, 7) is 23.2. The summed E-state index contributed by atoms with van der Waals surface area (Å²) in [6, 6.07) is 18.4. The van der Waals surface area contributed by atoms with Gasteiger partial charge in [0.05, 0.1) is 48.6 Å². The van der Waals surface area contributed by atoms with Gasteiger partial charge in [-0.1, -0.05) is 83.7 Å². The first kappa shape index (κ1) is 42.3. The summed E-state index contributed by atoms with van der Waals surface area (Å²) in [5.41, 5.74) is 8.48. The summed E-state index contributed by atoms with van der Waals surface area (Å²) in [5.74, 6) is -0.547. The van der Waals surface area contributed by atoms with Gasteiger partial charge in [0.15, 0.2) is 0 Å². The van der Waals surface area contributed by atoms with Crippen LogP contribution in [0.4, 0.5) is 11.4 Å². The summed E-state index contributed by atoms with van der Waals surface area (Å²) >= 11 is 0. The number of fused-ring (bicyclic) bond motifs is 2. The molecular formula is C44H62ClN5O2. The predicted octanol–water partition coefficient (Wildman–Crippen LogP) is 8.40. The van der Waals surface area contributed by atoms with Gasteiger partial charge in [-0.05, 0) is 94.8 Å². The standard InChI is InChI=1S/C28H26N4O2.C16H36N.ClH/c1-15-17(3)29-25-21(15)10-6-12-23(25)31-27(33)19-8-5-9-20(14-19)28(34)32-24-13-7-11-22-16(2)18(4)30-26(22)24;1-5-9-13-17(14-10-6-2,15-11-7-3)16-12-8-4;/h5-14,29-30H,1-4H3,(H,31,33)(H,32,34);5-16H2,1-4H3;1H/q;+1;/p-1. The monoisotopic (exact) mass is 727 g/mol. The molecule has 0 saturated carbocycles. The molecule has 2 aromatic heterocycles. The number of unbranched alkanes of at least 4 members (excludes halogenated alkanes) is 4. The van der Waals surface area contributed by atoms with Crippen LogP contribution in [-0.4, -0.2) is 52.4 Å². The molecule has 0 saturated heterocycles. The van der Waals surface area contributed by atoms with E-state index in [4.69, 9.17) is 0 Å². The maximum absolute atomic E-state index is 13.0. The highest BCUT2D eigenvalue weighted by Crippen LogP contribution is 2.29. The van der Waals surface area contributed by atoms with Crippen molar-refractivity contribution in [1.29, 1.82) is 0 Å². The van der Waals surface area contributed by atoms with E-state index in [1.54, 1.807) is 24.3 Å². The molecule has 0 aliphatic heterocycles. The zero-order valence-electron chi connectivity index (χ0n) is 32.9. The second-order valence-corrected chi connectivity index (χ2v) is 14.3. The van der Waals surface area contributed by atoms with Crippen molar-refractivity contribution in [2.24, 2.45) is 0 Å². The third kappa shape index (κ3) is 10.5. The molecule has 0 aliphatic carbocycles. The van der Waals surface area contributed by atoms with Gasteiger partial charge in [-0.3, -0.25) is 9.59 Å². The molecule has 0 spiro atoms. The topological polar surface area (TPSA) is 89.8 Å². The molecule has 2 amide bonds. The van der Waals surface area contributed by atoms with Crippen molar-refractivity contribution in [2.45, 2.75) is 107 Å². The number of amides is 2. The zero-order chi connectivity index (χ0) is 37.0. The number of aryl methyl sites for hydroxylation is 4. The van der Waals surface area contributed by atoms with Gasteiger partial charge in [0, 0.05) is 33.3 Å². The highest BCUT2D eigenvalue weighted by molar-refractivity contribution is 6.12. The van der Waals surface area contributed by atoms with E-state index in [-0.39, 0.29) is 24.2 Å². The van der Waals surface area contributed by atoms with Gasteiger partial charge in [0.1, 0.15) is 0 Å². The first-order valence-corrected chi connectivity index (χ1v) is 19.3. The second-order valence-electron chi connectivity index (χ2n) is 14.3. The number of carbonyl (C=O) groups excluding carboxylic acids is 2. The molecular weight excluding hydrogens is 666 g/mol. The Balaban J connectivity index is 0.000000347. The fraction of sp³-hybridized carbons (Fsp3) is 0.455. The van der Waals surface area contributed by atoms with Crippen LogP contribution in [0.1, 0.15) is 122 Å². The number of anilines is 2. The molecule has 282 valence electrons. The quantitative estimate of drug-likeness (QED) is 0.0770. The maximum Gasteiger partial charge on any atom is 0.255 e. The molecule has 52 heavy (non-hydrogen) atoms. The number of quaternary nitrogens is 1. The van der Waals surface area contributed by atoms with Crippen LogP contribution < -0.4 is 23.0 Å². The molecule has 0 atom stereocenters. The van der Waals surface area contributed by atoms with Crippen LogP contribution in [0.25, 0.3) is 21.8 Å². The number of nitrogens with zero attached hydrogens (tertiary/aromatic N) is 1. The van der Waals surface area contributed by atoms with Crippen LogP contribution in [-0.2, 0) is 0 Å². The SMILES string of the molecule is CCCC[N+](CCCC)(CCCC)CCCC.Cc1[nH]c2c(NC(=O)c3cccc(C(=O)Nc4cccc5c(C)c(C)[nH]c45)c3)cccc2c1C.[Cl-]. The van der Waals surface area contributed by atoms with E-state index in [0.717, 1.165) is 44.3 Å². The van der Waals surface area contributed by atoms with E-state index in [1.165, 1.54) is 82.0 Å². The molecule has 8 heteroatoms. The van der Waals surface area contributed by atoms with Crippen LogP contribution in [0.2, 0.25) is 0 Å². The van der Waals surface area contributed by atoms with Crippen LogP contribution in [0, 0.1) is 27.7 Å². The molecule has 5 aromatic rings.